The number of aryl methyl sites for hydroxylation is 3. The summed E-state index contributed by atoms with van der Waals surface area (Å²) in [5.41, 5.74) is 8.06. The highest BCUT2D eigenvalue weighted by Crippen LogP contribution is 2.34. The summed E-state index contributed by atoms with van der Waals surface area (Å²) in [5, 5.41) is 5.23. The first-order valence-electron chi connectivity index (χ1n) is 34.0. The second kappa shape index (κ2) is 52.7. The fourth-order valence-electron chi connectivity index (χ4n) is 9.87. The number of ether oxygens (including phenoxy) is 2. The lowest BCUT2D eigenvalue weighted by Gasteiger charge is -2.31. The number of benzene rings is 2. The molecular formula is C75H130F2N5O5+. The van der Waals surface area contributed by atoms with Gasteiger partial charge in [0.15, 0.2) is 5.71 Å². The molecule has 2 aromatic carbocycles. The van der Waals surface area contributed by atoms with Crippen LogP contribution in [-0.2, 0) is 30.9 Å². The third-order valence-electron chi connectivity index (χ3n) is 16.1. The number of imidazole rings is 1. The Hall–Kier alpha value is -5.23. The van der Waals surface area contributed by atoms with Crippen LogP contribution < -0.4 is 10.6 Å². The van der Waals surface area contributed by atoms with E-state index in [1.54, 1.807) is 14.0 Å². The molecule has 1 aliphatic carbocycles. The van der Waals surface area contributed by atoms with E-state index >= 15 is 0 Å². The molecule has 498 valence electrons. The topological polar surface area (TPSA) is 115 Å². The van der Waals surface area contributed by atoms with Gasteiger partial charge in [0.1, 0.15) is 31.0 Å². The monoisotopic (exact) mass is 1220 g/mol. The van der Waals surface area contributed by atoms with Crippen molar-refractivity contribution in [3.8, 4) is 0 Å². The zero-order chi connectivity index (χ0) is 67.0. The molecule has 0 radical (unpaired) electrons. The lowest BCUT2D eigenvalue weighted by molar-refractivity contribution is -0.498. The number of nitrogens with one attached hydrogen (secondary N) is 2. The molecule has 12 heteroatoms. The largest absolute Gasteiger partial charge is 0.500 e. The molecule has 4 unspecified atom stereocenters. The summed E-state index contributed by atoms with van der Waals surface area (Å²) in [6.45, 7) is 46.5. The minimum absolute atomic E-state index is 0.138. The fraction of sp³-hybridized carbons (Fsp3) is 0.667. The number of nitrogens with zero attached hydrogens (tertiary/aromatic N) is 3. The molecule has 87 heavy (non-hydrogen) atoms. The minimum atomic E-state index is -0.521. The number of aromatic nitrogens is 2. The number of hydrogen-bond acceptors (Lipinski definition) is 6. The normalized spacial score (nSPS) is 15.4. The second-order valence-electron chi connectivity index (χ2n) is 22.9. The predicted octanol–water partition coefficient (Wildman–Crippen LogP) is 20.9. The number of rotatable bonds is 22. The van der Waals surface area contributed by atoms with Gasteiger partial charge in [-0.05, 0) is 123 Å². The molecule has 1 saturated heterocycles. The van der Waals surface area contributed by atoms with E-state index < -0.39 is 11.6 Å². The zero-order valence-electron chi connectivity index (χ0n) is 59.9. The van der Waals surface area contributed by atoms with Crippen molar-refractivity contribution in [3.05, 3.63) is 106 Å². The van der Waals surface area contributed by atoms with Gasteiger partial charge in [-0.1, -0.05) is 212 Å². The van der Waals surface area contributed by atoms with Crippen molar-refractivity contribution < 1.29 is 37.2 Å². The van der Waals surface area contributed by atoms with Crippen molar-refractivity contribution in [1.82, 2.24) is 14.9 Å². The number of imide groups is 1. The summed E-state index contributed by atoms with van der Waals surface area (Å²) in [6, 6.07) is 9.48. The van der Waals surface area contributed by atoms with Gasteiger partial charge in [0, 0.05) is 52.2 Å². The third-order valence-corrected chi connectivity index (χ3v) is 16.1. The van der Waals surface area contributed by atoms with E-state index in [4.69, 9.17) is 9.47 Å². The number of fused-ring (bicyclic) bond motifs is 1. The fourth-order valence-corrected chi connectivity index (χ4v) is 9.87. The lowest BCUT2D eigenvalue weighted by Crippen LogP contribution is -2.33. The zero-order valence-corrected chi connectivity index (χ0v) is 59.9. The Morgan fingerprint density at radius 3 is 1.75 bits per heavy atom. The molecule has 2 N–H and O–H groups in total. The molecule has 2 fully saturated rings. The summed E-state index contributed by atoms with van der Waals surface area (Å²) in [7, 11) is 7.53. The van der Waals surface area contributed by atoms with Crippen LogP contribution in [0, 0.1) is 55.1 Å². The van der Waals surface area contributed by atoms with Crippen molar-refractivity contribution >= 4 is 40.4 Å². The van der Waals surface area contributed by atoms with Gasteiger partial charge in [0.05, 0.1) is 30.1 Å². The third kappa shape index (κ3) is 36.1. The molecule has 3 aromatic rings. The van der Waals surface area contributed by atoms with Gasteiger partial charge in [-0.25, -0.2) is 18.3 Å². The van der Waals surface area contributed by atoms with Gasteiger partial charge >= 0.3 is 0 Å². The van der Waals surface area contributed by atoms with E-state index in [-0.39, 0.29) is 17.7 Å². The number of unbranched alkanes of at least 4 members (excludes halogenated alkanes) is 2. The first kappa shape index (κ1) is 86.0. The van der Waals surface area contributed by atoms with Gasteiger partial charge in [-0.15, -0.1) is 0 Å². The number of halogens is 2. The van der Waals surface area contributed by atoms with Crippen molar-refractivity contribution in [3.63, 3.8) is 0 Å². The van der Waals surface area contributed by atoms with Crippen LogP contribution in [0.25, 0.3) is 11.0 Å². The Morgan fingerprint density at radius 2 is 1.30 bits per heavy atom. The lowest BCUT2D eigenvalue weighted by atomic mass is 9.76. The van der Waals surface area contributed by atoms with Crippen molar-refractivity contribution in [1.29, 1.82) is 0 Å². The molecule has 1 aromatic heterocycles. The summed E-state index contributed by atoms with van der Waals surface area (Å²) in [4.78, 5) is 38.9. The highest BCUT2D eigenvalue weighted by atomic mass is 19.1. The molecule has 6 rings (SSSR count). The number of anilines is 1. The summed E-state index contributed by atoms with van der Waals surface area (Å²) in [5.74, 6) is 3.59. The Morgan fingerprint density at radius 1 is 0.736 bits per heavy atom. The van der Waals surface area contributed by atoms with Crippen LogP contribution in [0.5, 0.6) is 0 Å². The highest BCUT2D eigenvalue weighted by molar-refractivity contribution is 6.07. The molecule has 3 amide bonds. The van der Waals surface area contributed by atoms with Crippen LogP contribution in [0.15, 0.2) is 83.2 Å². The maximum atomic E-state index is 13.6. The van der Waals surface area contributed by atoms with E-state index in [0.717, 1.165) is 101 Å². The van der Waals surface area contributed by atoms with E-state index in [9.17, 15) is 23.2 Å². The molecule has 3 heterocycles. The van der Waals surface area contributed by atoms with Crippen molar-refractivity contribution in [2.75, 3.05) is 39.7 Å². The smallest absolute Gasteiger partial charge is 0.257 e. The average molecular weight is 1220 g/mol. The number of carbonyl (C=O) groups is 3. The predicted molar refractivity (Wildman–Crippen MR) is 372 cm³/mol. The van der Waals surface area contributed by atoms with Crippen LogP contribution in [0.2, 0.25) is 0 Å². The molecular weight excluding hydrogens is 1090 g/mol. The Balaban J connectivity index is -0.00000113. The molecule has 0 spiro atoms. The van der Waals surface area contributed by atoms with Crippen molar-refractivity contribution in [2.24, 2.45) is 36.6 Å². The van der Waals surface area contributed by atoms with Crippen LogP contribution in [0.1, 0.15) is 257 Å². The minimum Gasteiger partial charge on any atom is -0.500 e. The molecule has 0 bridgehead atoms. The maximum absolute atomic E-state index is 13.6. The number of amides is 3. The van der Waals surface area contributed by atoms with Crippen LogP contribution in [-0.4, -0.2) is 72.0 Å². The molecule has 2 aliphatic heterocycles. The number of carbonyl (C=O) groups excluding carboxylic acids is 3. The number of piperidine rings is 1. The average Bonchev–Trinajstić information content (AvgIpc) is 4.17. The highest BCUT2D eigenvalue weighted by Gasteiger charge is 2.27. The SMILES string of the molecule is C1CCCC1.C=C(/C=C(\C=C(\C)C(C)CC)C(=O)Nc1nc2ccc(C)cc2n1C)C1=C(OC)CC[N+](C)=C1C.CC.CC.CC.CCCC.CCCCC(COC)C(C)C(CCC)CC[C@H](C)CC.Cc1cc(F)cc(F)c1.O=C1CCCC(=O)N1. The molecule has 1 saturated carbocycles. The van der Waals surface area contributed by atoms with Crippen molar-refractivity contribution in [2.45, 2.75) is 260 Å². The standard InChI is InChI=1S/C29H38N4O2.C19H40O.C7H6F2.C5H7NO2.C5H10.C4H10.3C2H6/c1-10-19(3)20(4)16-23(17-21(5)27-22(6)32(7)14-13-26(27)35-9)28(34)31-29-30-24-12-11-18(2)15-25(24)33(29)8;1-7-10-12-19(15-20-6)17(5)18(11-8-2)14-13-16(4)9-3;1-5-2-6(8)4-7(9)3-5;7-4-2-1-3-5(8)6-4;1-2-4-5-3-1;1-3-4-2;3*1-2/h11-12,15-17,19H,5,10,13-14H2,1-4,6-9H3;16-19H,7-15H2,1-6H3;2-4H,1H3;1-3H2,(H,6,7,8);1-5H2;3-4H2,1-2H3;3*1-2H3/p+1/b20-16-,23-17+;;;;;;;;/t;16-,17?,18?,19?;;;;;;;/m.1......./s1. The van der Waals surface area contributed by atoms with Gasteiger partial charge < -0.3 is 14.0 Å². The molecule has 10 nitrogen and oxygen atoms in total. The Labute approximate surface area is 532 Å². The van der Waals surface area contributed by atoms with Crippen LogP contribution in [0.3, 0.4) is 0 Å². The van der Waals surface area contributed by atoms with Gasteiger partial charge in [-0.2, -0.15) is 0 Å². The maximum Gasteiger partial charge on any atom is 0.257 e. The number of methoxy groups -OCH3 is 2. The van der Waals surface area contributed by atoms with Gasteiger partial charge in [-0.3, -0.25) is 25.0 Å². The summed E-state index contributed by atoms with van der Waals surface area (Å²) in [6.07, 6.45) is 28.3. The first-order valence-corrected chi connectivity index (χ1v) is 34.0. The molecule has 3 aliphatic rings. The molecule has 5 atom stereocenters. The summed E-state index contributed by atoms with van der Waals surface area (Å²) >= 11 is 0. The second-order valence-corrected chi connectivity index (χ2v) is 22.9. The van der Waals surface area contributed by atoms with E-state index in [0.29, 0.717) is 42.3 Å². The quantitative estimate of drug-likeness (QED) is 0.0448. The number of allylic oxidation sites excluding steroid dienone is 4. The van der Waals surface area contributed by atoms with Gasteiger partial charge in [0.2, 0.25) is 17.8 Å². The first-order chi connectivity index (χ1) is 41.5. The van der Waals surface area contributed by atoms with Crippen LogP contribution in [0.4, 0.5) is 14.7 Å². The van der Waals surface area contributed by atoms with E-state index in [2.05, 4.69) is 116 Å². The number of hydrogen-bond donors (Lipinski definition) is 2. The Kier molecular flexibility index (Phi) is 52.1. The van der Waals surface area contributed by atoms with Crippen LogP contribution >= 0.6 is 0 Å². The van der Waals surface area contributed by atoms with Gasteiger partial charge in [0.25, 0.3) is 5.91 Å². The van der Waals surface area contributed by atoms with E-state index in [1.807, 2.05) is 91.5 Å². The summed E-state index contributed by atoms with van der Waals surface area (Å²) < 4.78 is 39.7. The Bertz CT molecular complexity index is 2410. The van der Waals surface area contributed by atoms with E-state index in [1.165, 1.54) is 108 Å².